The summed E-state index contributed by atoms with van der Waals surface area (Å²) in [5, 5.41) is 10.7. The van der Waals surface area contributed by atoms with E-state index in [0.29, 0.717) is 23.7 Å². The molecule has 2 saturated heterocycles. The molecule has 0 spiro atoms. The zero-order valence-corrected chi connectivity index (χ0v) is 13.4. The van der Waals surface area contributed by atoms with E-state index in [1.807, 2.05) is 0 Å². The molecule has 124 valence electrons. The Hall–Kier alpha value is -1.79. The highest BCUT2D eigenvalue weighted by Gasteiger charge is 2.46. The molecule has 3 rings (SSSR count). The van der Waals surface area contributed by atoms with Crippen LogP contribution in [0.1, 0.15) is 19.3 Å². The fourth-order valence-corrected chi connectivity index (χ4v) is 3.13. The van der Waals surface area contributed by atoms with Crippen molar-refractivity contribution in [3.05, 3.63) is 29.3 Å². The molecule has 2 atom stereocenters. The molecule has 0 saturated carbocycles. The van der Waals surface area contributed by atoms with E-state index >= 15 is 0 Å². The summed E-state index contributed by atoms with van der Waals surface area (Å²) in [4.78, 5) is 27.3. The molecule has 3 amide bonds. The van der Waals surface area contributed by atoms with Crippen LogP contribution in [0, 0.1) is 0 Å². The van der Waals surface area contributed by atoms with Crippen molar-refractivity contribution < 1.29 is 19.4 Å². The largest absolute Gasteiger partial charge is 0.491 e. The Morgan fingerprint density at radius 1 is 1.26 bits per heavy atom. The first kappa shape index (κ1) is 16.1. The number of imide groups is 1. The molecule has 0 radical (unpaired) electrons. The molecule has 1 aromatic rings. The predicted octanol–water partition coefficient (Wildman–Crippen LogP) is 1.90. The maximum absolute atomic E-state index is 12.3. The first-order valence-corrected chi connectivity index (χ1v) is 8.12. The van der Waals surface area contributed by atoms with Crippen LogP contribution in [0.15, 0.2) is 24.3 Å². The topological polar surface area (TPSA) is 70.1 Å². The normalized spacial score (nSPS) is 22.3. The summed E-state index contributed by atoms with van der Waals surface area (Å²) in [5.74, 6) is 0.366. The number of piperidine rings is 1. The van der Waals surface area contributed by atoms with Gasteiger partial charge in [0.1, 0.15) is 24.5 Å². The molecule has 6 nitrogen and oxygen atoms in total. The van der Waals surface area contributed by atoms with Crippen LogP contribution in [0.4, 0.5) is 4.79 Å². The van der Waals surface area contributed by atoms with Crippen LogP contribution < -0.4 is 4.74 Å². The number of carbonyl (C=O) groups is 2. The van der Waals surface area contributed by atoms with Gasteiger partial charge in [0.15, 0.2) is 0 Å². The highest BCUT2D eigenvalue weighted by Crippen LogP contribution is 2.26. The summed E-state index contributed by atoms with van der Waals surface area (Å²) in [5.41, 5.74) is 0. The van der Waals surface area contributed by atoms with E-state index in [9.17, 15) is 14.7 Å². The Kier molecular flexibility index (Phi) is 4.73. The lowest BCUT2D eigenvalue weighted by Crippen LogP contribution is -2.40. The van der Waals surface area contributed by atoms with Crippen LogP contribution in [-0.4, -0.2) is 58.7 Å². The first-order chi connectivity index (χ1) is 11.1. The number of hydrogen-bond acceptors (Lipinski definition) is 4. The second kappa shape index (κ2) is 6.76. The van der Waals surface area contributed by atoms with Crippen molar-refractivity contribution in [2.24, 2.45) is 0 Å². The molecule has 7 heteroatoms. The van der Waals surface area contributed by atoms with Crippen LogP contribution in [0.3, 0.4) is 0 Å². The smallest absolute Gasteiger partial charge is 0.327 e. The maximum atomic E-state index is 12.3. The van der Waals surface area contributed by atoms with Gasteiger partial charge in [-0.05, 0) is 43.5 Å². The number of carbonyl (C=O) groups excluding carboxylic acids is 2. The third kappa shape index (κ3) is 3.43. The molecule has 2 aliphatic heterocycles. The standard InChI is InChI=1S/C16H19ClN2O4/c17-11-4-6-13(7-5-11)23-10-12(20)9-19-15(21)14-3-1-2-8-18(14)16(19)22/h4-7,12,14,20H,1-3,8-10H2/t12-,14+/m1/s1. The van der Waals surface area contributed by atoms with Gasteiger partial charge in [0.05, 0.1) is 6.54 Å². The van der Waals surface area contributed by atoms with Gasteiger partial charge in [-0.1, -0.05) is 11.6 Å². The van der Waals surface area contributed by atoms with E-state index in [-0.39, 0.29) is 31.1 Å². The van der Waals surface area contributed by atoms with E-state index in [0.717, 1.165) is 17.7 Å². The number of ether oxygens (including phenoxy) is 1. The van der Waals surface area contributed by atoms with Gasteiger partial charge in [-0.25, -0.2) is 4.79 Å². The maximum Gasteiger partial charge on any atom is 0.327 e. The number of fused-ring (bicyclic) bond motifs is 1. The number of amides is 3. The Bertz CT molecular complexity index is 568. The van der Waals surface area contributed by atoms with Crippen LogP contribution in [0.2, 0.25) is 5.02 Å². The SMILES string of the molecule is O=C1[C@@H]2CCCCN2C(=O)N1C[C@@H](O)COc1ccc(Cl)cc1. The van der Waals surface area contributed by atoms with Crippen molar-refractivity contribution in [2.45, 2.75) is 31.4 Å². The zero-order valence-electron chi connectivity index (χ0n) is 12.7. The Labute approximate surface area is 139 Å². The van der Waals surface area contributed by atoms with Gasteiger partial charge >= 0.3 is 6.03 Å². The van der Waals surface area contributed by atoms with Gasteiger partial charge in [-0.2, -0.15) is 0 Å². The minimum Gasteiger partial charge on any atom is -0.491 e. The van der Waals surface area contributed by atoms with Gasteiger partial charge in [0, 0.05) is 11.6 Å². The summed E-state index contributed by atoms with van der Waals surface area (Å²) in [6.45, 7) is 0.574. The summed E-state index contributed by atoms with van der Waals surface area (Å²) in [7, 11) is 0. The van der Waals surface area contributed by atoms with Crippen molar-refractivity contribution in [1.82, 2.24) is 9.80 Å². The minimum atomic E-state index is -0.931. The van der Waals surface area contributed by atoms with Crippen LogP contribution in [0.5, 0.6) is 5.75 Å². The quantitative estimate of drug-likeness (QED) is 0.832. The number of aliphatic hydroxyl groups is 1. The molecule has 2 aliphatic rings. The summed E-state index contributed by atoms with van der Waals surface area (Å²) in [6.07, 6.45) is 1.65. The van der Waals surface area contributed by atoms with E-state index in [1.165, 1.54) is 0 Å². The van der Waals surface area contributed by atoms with Gasteiger partial charge in [-0.15, -0.1) is 0 Å². The van der Waals surface area contributed by atoms with Crippen LogP contribution in [0.25, 0.3) is 0 Å². The Morgan fingerprint density at radius 3 is 2.70 bits per heavy atom. The molecule has 0 aromatic heterocycles. The minimum absolute atomic E-state index is 0.00333. The first-order valence-electron chi connectivity index (χ1n) is 7.74. The van der Waals surface area contributed by atoms with E-state index < -0.39 is 6.10 Å². The van der Waals surface area contributed by atoms with Crippen molar-refractivity contribution in [2.75, 3.05) is 19.7 Å². The fourth-order valence-electron chi connectivity index (χ4n) is 3.00. The van der Waals surface area contributed by atoms with Crippen molar-refractivity contribution in [3.63, 3.8) is 0 Å². The lowest BCUT2D eigenvalue weighted by Gasteiger charge is -2.26. The number of halogens is 1. The number of hydrogen-bond donors (Lipinski definition) is 1. The lowest BCUT2D eigenvalue weighted by molar-refractivity contribution is -0.129. The molecule has 0 aliphatic carbocycles. The molecular weight excluding hydrogens is 320 g/mol. The summed E-state index contributed by atoms with van der Waals surface area (Å²) in [6, 6.07) is 6.12. The molecule has 2 heterocycles. The summed E-state index contributed by atoms with van der Waals surface area (Å²) >= 11 is 5.79. The second-order valence-electron chi connectivity index (χ2n) is 5.86. The second-order valence-corrected chi connectivity index (χ2v) is 6.29. The number of aliphatic hydroxyl groups excluding tert-OH is 1. The molecule has 23 heavy (non-hydrogen) atoms. The Balaban J connectivity index is 1.55. The molecule has 2 fully saturated rings. The number of β-amino-alcohol motifs (C(OH)–C–C–N with tert-alkyl or cyclic N) is 1. The van der Waals surface area contributed by atoms with Gasteiger partial charge in [0.2, 0.25) is 0 Å². The number of benzene rings is 1. The Morgan fingerprint density at radius 2 is 2.00 bits per heavy atom. The third-order valence-corrected chi connectivity index (χ3v) is 4.43. The molecule has 0 unspecified atom stereocenters. The van der Waals surface area contributed by atoms with E-state index in [2.05, 4.69) is 0 Å². The number of rotatable bonds is 5. The zero-order chi connectivity index (χ0) is 16.4. The van der Waals surface area contributed by atoms with Crippen molar-refractivity contribution in [3.8, 4) is 5.75 Å². The molecule has 1 N–H and O–H groups in total. The number of urea groups is 1. The van der Waals surface area contributed by atoms with Crippen LogP contribution in [-0.2, 0) is 4.79 Å². The molecular formula is C16H19ClN2O4. The number of nitrogens with zero attached hydrogens (tertiary/aromatic N) is 2. The van der Waals surface area contributed by atoms with Crippen LogP contribution >= 0.6 is 11.6 Å². The van der Waals surface area contributed by atoms with Gasteiger partial charge in [-0.3, -0.25) is 9.69 Å². The van der Waals surface area contributed by atoms with E-state index in [4.69, 9.17) is 16.3 Å². The van der Waals surface area contributed by atoms with Crippen molar-refractivity contribution >= 4 is 23.5 Å². The van der Waals surface area contributed by atoms with Gasteiger partial charge in [0.25, 0.3) is 5.91 Å². The summed E-state index contributed by atoms with van der Waals surface area (Å²) < 4.78 is 5.45. The third-order valence-electron chi connectivity index (χ3n) is 4.18. The molecule has 1 aromatic carbocycles. The van der Waals surface area contributed by atoms with Gasteiger partial charge < -0.3 is 14.7 Å². The average Bonchev–Trinajstić information content (AvgIpc) is 2.80. The monoisotopic (exact) mass is 338 g/mol. The predicted molar refractivity (Wildman–Crippen MR) is 84.4 cm³/mol. The lowest BCUT2D eigenvalue weighted by atomic mass is 10.0. The highest BCUT2D eigenvalue weighted by molar-refractivity contribution is 6.30. The molecule has 0 bridgehead atoms. The highest BCUT2D eigenvalue weighted by atomic mass is 35.5. The van der Waals surface area contributed by atoms with E-state index in [1.54, 1.807) is 29.2 Å². The average molecular weight is 339 g/mol. The van der Waals surface area contributed by atoms with Crippen molar-refractivity contribution in [1.29, 1.82) is 0 Å². The fraction of sp³-hybridized carbons (Fsp3) is 0.500.